The molecule has 0 aliphatic carbocycles. The van der Waals surface area contributed by atoms with Gasteiger partial charge in [0.2, 0.25) is 11.9 Å². The minimum absolute atomic E-state index is 0.00359. The molecule has 0 spiro atoms. The number of halogens is 1. The van der Waals surface area contributed by atoms with Crippen molar-refractivity contribution < 1.29 is 14.3 Å². The van der Waals surface area contributed by atoms with Gasteiger partial charge in [0.05, 0.1) is 19.0 Å². The fourth-order valence-electron chi connectivity index (χ4n) is 4.65. The van der Waals surface area contributed by atoms with Crippen LogP contribution in [0.4, 0.5) is 5.95 Å². The van der Waals surface area contributed by atoms with Gasteiger partial charge in [-0.2, -0.15) is 0 Å². The molecule has 4 aromatic rings. The standard InChI is InChI=1S/C25H27ClN6O3/c1-16-14-30(9-10-31(16)23(33)12-17-5-4-6-19(11-17)35-3)25-27-21-13-18(26)7-8-20(21)24-29-28-22(15-34-2)32(24)25/h4-8,11,13,16H,9-10,12,14-15H2,1-3H3/t16-/m1/s1. The summed E-state index contributed by atoms with van der Waals surface area (Å²) in [4.78, 5) is 22.2. The molecule has 0 unspecified atom stereocenters. The van der Waals surface area contributed by atoms with Crippen LogP contribution in [0.15, 0.2) is 42.5 Å². The zero-order valence-corrected chi connectivity index (χ0v) is 20.7. The number of anilines is 1. The number of benzene rings is 2. The molecule has 35 heavy (non-hydrogen) atoms. The second kappa shape index (κ2) is 9.67. The first-order valence-corrected chi connectivity index (χ1v) is 11.9. The van der Waals surface area contributed by atoms with Crippen LogP contribution >= 0.6 is 11.6 Å². The Bertz CT molecular complexity index is 1390. The summed E-state index contributed by atoms with van der Waals surface area (Å²) in [5, 5.41) is 10.3. The lowest BCUT2D eigenvalue weighted by molar-refractivity contribution is -0.132. The fourth-order valence-corrected chi connectivity index (χ4v) is 4.81. The van der Waals surface area contributed by atoms with E-state index in [4.69, 9.17) is 26.1 Å². The highest BCUT2D eigenvalue weighted by Gasteiger charge is 2.30. The van der Waals surface area contributed by atoms with Crippen molar-refractivity contribution in [3.8, 4) is 5.75 Å². The van der Waals surface area contributed by atoms with Crippen LogP contribution in [0.25, 0.3) is 16.6 Å². The summed E-state index contributed by atoms with van der Waals surface area (Å²) in [6.07, 6.45) is 0.335. The number of methoxy groups -OCH3 is 2. The highest BCUT2D eigenvalue weighted by atomic mass is 35.5. The van der Waals surface area contributed by atoms with Crippen LogP contribution in [-0.2, 0) is 22.6 Å². The van der Waals surface area contributed by atoms with Crippen LogP contribution in [0.1, 0.15) is 18.3 Å². The second-order valence-corrected chi connectivity index (χ2v) is 9.13. The minimum Gasteiger partial charge on any atom is -0.497 e. The van der Waals surface area contributed by atoms with E-state index in [9.17, 15) is 4.79 Å². The summed E-state index contributed by atoms with van der Waals surface area (Å²) in [6.45, 7) is 4.22. The van der Waals surface area contributed by atoms with Crippen molar-refractivity contribution >= 4 is 40.0 Å². The number of rotatable bonds is 6. The Labute approximate surface area is 208 Å². The second-order valence-electron chi connectivity index (χ2n) is 8.69. The summed E-state index contributed by atoms with van der Waals surface area (Å²) >= 11 is 6.26. The Morgan fingerprint density at radius 2 is 2.00 bits per heavy atom. The number of hydrogen-bond acceptors (Lipinski definition) is 7. The van der Waals surface area contributed by atoms with Gasteiger partial charge in [-0.25, -0.2) is 9.38 Å². The predicted molar refractivity (Wildman–Crippen MR) is 134 cm³/mol. The van der Waals surface area contributed by atoms with E-state index in [1.54, 1.807) is 14.2 Å². The molecule has 10 heteroatoms. The summed E-state index contributed by atoms with van der Waals surface area (Å²) in [5.74, 6) is 2.24. The Balaban J connectivity index is 1.43. The van der Waals surface area contributed by atoms with E-state index < -0.39 is 0 Å². The van der Waals surface area contributed by atoms with Gasteiger partial charge in [-0.05, 0) is 42.8 Å². The maximum atomic E-state index is 13.1. The maximum Gasteiger partial charge on any atom is 0.227 e. The van der Waals surface area contributed by atoms with Gasteiger partial charge in [-0.3, -0.25) is 4.79 Å². The van der Waals surface area contributed by atoms with Crippen molar-refractivity contribution in [1.29, 1.82) is 0 Å². The number of carbonyl (C=O) groups excluding carboxylic acids is 1. The van der Waals surface area contributed by atoms with E-state index in [2.05, 4.69) is 22.0 Å². The summed E-state index contributed by atoms with van der Waals surface area (Å²) < 4.78 is 12.6. The molecule has 1 fully saturated rings. The van der Waals surface area contributed by atoms with Crippen molar-refractivity contribution in [2.45, 2.75) is 26.0 Å². The lowest BCUT2D eigenvalue weighted by Crippen LogP contribution is -2.55. The number of aromatic nitrogens is 4. The van der Waals surface area contributed by atoms with Crippen LogP contribution in [-0.4, -0.2) is 70.3 Å². The fraction of sp³-hybridized carbons (Fsp3) is 0.360. The molecule has 1 atom stereocenters. The van der Waals surface area contributed by atoms with E-state index in [0.29, 0.717) is 49.2 Å². The Hall–Kier alpha value is -3.43. The molecular formula is C25H27ClN6O3. The quantitative estimate of drug-likeness (QED) is 0.406. The van der Waals surface area contributed by atoms with Crippen LogP contribution in [0.2, 0.25) is 5.02 Å². The van der Waals surface area contributed by atoms with Gasteiger partial charge in [0.1, 0.15) is 12.4 Å². The third-order valence-corrected chi connectivity index (χ3v) is 6.58. The molecular weight excluding hydrogens is 468 g/mol. The molecule has 1 saturated heterocycles. The topological polar surface area (TPSA) is 85.1 Å². The van der Waals surface area contributed by atoms with E-state index >= 15 is 0 Å². The minimum atomic E-state index is -0.00359. The van der Waals surface area contributed by atoms with Crippen LogP contribution in [0.5, 0.6) is 5.75 Å². The number of piperazine rings is 1. The third-order valence-electron chi connectivity index (χ3n) is 6.34. The number of amides is 1. The first-order chi connectivity index (χ1) is 17.0. The molecule has 1 amide bonds. The molecule has 5 rings (SSSR count). The molecule has 0 N–H and O–H groups in total. The Morgan fingerprint density at radius 1 is 1.14 bits per heavy atom. The molecule has 2 aromatic carbocycles. The van der Waals surface area contributed by atoms with Gasteiger partial charge in [0, 0.05) is 43.2 Å². The summed E-state index contributed by atoms with van der Waals surface area (Å²) in [5.41, 5.74) is 2.39. The number of ether oxygens (including phenoxy) is 2. The number of nitrogens with zero attached hydrogens (tertiary/aromatic N) is 6. The van der Waals surface area contributed by atoms with Crippen molar-refractivity contribution in [2.75, 3.05) is 38.8 Å². The maximum absolute atomic E-state index is 13.1. The van der Waals surface area contributed by atoms with E-state index in [0.717, 1.165) is 28.2 Å². The number of carbonyl (C=O) groups is 1. The molecule has 1 aliphatic heterocycles. The van der Waals surface area contributed by atoms with Crippen molar-refractivity contribution in [2.24, 2.45) is 0 Å². The summed E-state index contributed by atoms with van der Waals surface area (Å²) in [7, 11) is 3.26. The average molecular weight is 495 g/mol. The first-order valence-electron chi connectivity index (χ1n) is 11.5. The van der Waals surface area contributed by atoms with E-state index in [-0.39, 0.29) is 11.9 Å². The van der Waals surface area contributed by atoms with Gasteiger partial charge in [0.25, 0.3) is 0 Å². The zero-order valence-electron chi connectivity index (χ0n) is 19.9. The number of hydrogen-bond donors (Lipinski definition) is 0. The van der Waals surface area contributed by atoms with Gasteiger partial charge in [0.15, 0.2) is 11.5 Å². The lowest BCUT2D eigenvalue weighted by atomic mass is 10.1. The molecule has 2 aromatic heterocycles. The van der Waals surface area contributed by atoms with Crippen LogP contribution < -0.4 is 9.64 Å². The SMILES string of the molecule is COCc1nnc2c3ccc(Cl)cc3nc(N3CCN(C(=O)Cc4cccc(OC)c4)[C@H](C)C3)n12. The van der Waals surface area contributed by atoms with E-state index in [1.165, 1.54) is 0 Å². The van der Waals surface area contributed by atoms with Gasteiger partial charge >= 0.3 is 0 Å². The molecule has 182 valence electrons. The Kier molecular flexibility index (Phi) is 6.44. The molecule has 3 heterocycles. The van der Waals surface area contributed by atoms with Crippen molar-refractivity contribution in [3.63, 3.8) is 0 Å². The largest absolute Gasteiger partial charge is 0.497 e. The van der Waals surface area contributed by atoms with Gasteiger partial charge in [-0.15, -0.1) is 10.2 Å². The zero-order chi connectivity index (χ0) is 24.5. The normalized spacial score (nSPS) is 16.3. The molecule has 0 saturated carbocycles. The van der Waals surface area contributed by atoms with Crippen LogP contribution in [0.3, 0.4) is 0 Å². The highest BCUT2D eigenvalue weighted by molar-refractivity contribution is 6.31. The highest BCUT2D eigenvalue weighted by Crippen LogP contribution is 2.28. The summed E-state index contributed by atoms with van der Waals surface area (Å²) in [6, 6.07) is 13.2. The predicted octanol–water partition coefficient (Wildman–Crippen LogP) is 3.37. The van der Waals surface area contributed by atoms with E-state index in [1.807, 2.05) is 51.8 Å². The monoisotopic (exact) mass is 494 g/mol. The molecule has 0 radical (unpaired) electrons. The van der Waals surface area contributed by atoms with Crippen LogP contribution in [0, 0.1) is 0 Å². The van der Waals surface area contributed by atoms with Crippen molar-refractivity contribution in [1.82, 2.24) is 24.5 Å². The molecule has 9 nitrogen and oxygen atoms in total. The van der Waals surface area contributed by atoms with Crippen molar-refractivity contribution in [3.05, 3.63) is 58.9 Å². The smallest absolute Gasteiger partial charge is 0.227 e. The van der Waals surface area contributed by atoms with Gasteiger partial charge < -0.3 is 19.3 Å². The Morgan fingerprint density at radius 3 is 2.77 bits per heavy atom. The first kappa shape index (κ1) is 23.3. The lowest BCUT2D eigenvalue weighted by Gasteiger charge is -2.40. The number of fused-ring (bicyclic) bond motifs is 3. The molecule has 0 bridgehead atoms. The third kappa shape index (κ3) is 4.49. The van der Waals surface area contributed by atoms with Gasteiger partial charge in [-0.1, -0.05) is 23.7 Å². The molecule has 1 aliphatic rings. The average Bonchev–Trinajstić information content (AvgIpc) is 3.27.